The quantitative estimate of drug-likeness (QED) is 0.849. The molecule has 0 heterocycles. The predicted molar refractivity (Wildman–Crippen MR) is 77.4 cm³/mol. The summed E-state index contributed by atoms with van der Waals surface area (Å²) in [5.41, 5.74) is 1.21. The topological polar surface area (TPSA) is 12.0 Å². The van der Waals surface area contributed by atoms with E-state index in [0.717, 1.165) is 29.3 Å². The first-order chi connectivity index (χ1) is 8.74. The third kappa shape index (κ3) is 2.84. The Hall–Kier alpha value is -0.240. The standard InChI is InChI=1S/C15H19Cl2N/c16-14-3-1-2-11(15(14)17)8-10-4-5-12(10)9-18-13-6-7-13/h1-3,10,12-13,18H,4-9H2. The Balaban J connectivity index is 1.56. The number of halogens is 2. The Morgan fingerprint density at radius 2 is 1.83 bits per heavy atom. The van der Waals surface area contributed by atoms with Crippen LogP contribution in [0.25, 0.3) is 0 Å². The van der Waals surface area contributed by atoms with Gasteiger partial charge in [0.05, 0.1) is 10.0 Å². The Morgan fingerprint density at radius 3 is 2.50 bits per heavy atom. The number of benzene rings is 1. The van der Waals surface area contributed by atoms with Gasteiger partial charge in [-0.1, -0.05) is 35.3 Å². The van der Waals surface area contributed by atoms with Gasteiger partial charge in [0.25, 0.3) is 0 Å². The average molecular weight is 284 g/mol. The molecule has 2 unspecified atom stereocenters. The fourth-order valence-electron chi connectivity index (χ4n) is 2.77. The van der Waals surface area contributed by atoms with Gasteiger partial charge in [-0.25, -0.2) is 0 Å². The van der Waals surface area contributed by atoms with Crippen molar-refractivity contribution in [2.75, 3.05) is 6.54 Å². The largest absolute Gasteiger partial charge is 0.314 e. The van der Waals surface area contributed by atoms with Crippen LogP contribution in [-0.2, 0) is 6.42 Å². The summed E-state index contributed by atoms with van der Waals surface area (Å²) in [6.07, 6.45) is 6.52. The maximum absolute atomic E-state index is 6.26. The molecule has 2 aliphatic rings. The van der Waals surface area contributed by atoms with E-state index in [1.54, 1.807) is 0 Å². The maximum atomic E-state index is 6.26. The van der Waals surface area contributed by atoms with Gasteiger partial charge in [-0.05, 0) is 62.1 Å². The molecule has 2 fully saturated rings. The molecule has 2 aliphatic carbocycles. The van der Waals surface area contributed by atoms with Crippen LogP contribution in [-0.4, -0.2) is 12.6 Å². The Labute approximate surface area is 119 Å². The highest BCUT2D eigenvalue weighted by Gasteiger charge is 2.32. The van der Waals surface area contributed by atoms with E-state index in [0.29, 0.717) is 5.02 Å². The van der Waals surface area contributed by atoms with Gasteiger partial charge in [0.1, 0.15) is 0 Å². The first kappa shape index (κ1) is 12.8. The predicted octanol–water partition coefficient (Wildman–Crippen LogP) is 4.31. The highest BCUT2D eigenvalue weighted by Crippen LogP contribution is 2.39. The molecule has 3 rings (SSSR count). The summed E-state index contributed by atoms with van der Waals surface area (Å²) in [5.74, 6) is 1.62. The van der Waals surface area contributed by atoms with Crippen molar-refractivity contribution < 1.29 is 0 Å². The van der Waals surface area contributed by atoms with E-state index in [1.165, 1.54) is 37.8 Å². The van der Waals surface area contributed by atoms with Gasteiger partial charge in [0.15, 0.2) is 0 Å². The van der Waals surface area contributed by atoms with Gasteiger partial charge >= 0.3 is 0 Å². The molecule has 1 aromatic carbocycles. The van der Waals surface area contributed by atoms with Crippen LogP contribution in [0, 0.1) is 11.8 Å². The first-order valence-electron chi connectivity index (χ1n) is 6.90. The van der Waals surface area contributed by atoms with Crippen molar-refractivity contribution in [1.82, 2.24) is 5.32 Å². The van der Waals surface area contributed by atoms with Crippen molar-refractivity contribution in [2.24, 2.45) is 11.8 Å². The van der Waals surface area contributed by atoms with E-state index in [4.69, 9.17) is 23.2 Å². The molecule has 0 saturated heterocycles. The van der Waals surface area contributed by atoms with E-state index in [2.05, 4.69) is 11.4 Å². The zero-order chi connectivity index (χ0) is 12.5. The SMILES string of the molecule is Clc1cccc(CC2CCC2CNC2CC2)c1Cl. The third-order valence-electron chi connectivity index (χ3n) is 4.33. The lowest BCUT2D eigenvalue weighted by Gasteiger charge is -2.37. The average Bonchev–Trinajstić information content (AvgIpc) is 3.14. The van der Waals surface area contributed by atoms with E-state index in [9.17, 15) is 0 Å². The van der Waals surface area contributed by atoms with Gasteiger partial charge in [-0.3, -0.25) is 0 Å². The normalized spacial score (nSPS) is 27.0. The lowest BCUT2D eigenvalue weighted by Crippen LogP contribution is -2.37. The van der Waals surface area contributed by atoms with Gasteiger partial charge in [0, 0.05) is 6.04 Å². The van der Waals surface area contributed by atoms with Crippen LogP contribution in [0.2, 0.25) is 10.0 Å². The monoisotopic (exact) mass is 283 g/mol. The van der Waals surface area contributed by atoms with Crippen molar-refractivity contribution >= 4 is 23.2 Å². The first-order valence-corrected chi connectivity index (χ1v) is 7.66. The summed E-state index contributed by atoms with van der Waals surface area (Å²) in [4.78, 5) is 0. The van der Waals surface area contributed by atoms with Crippen LogP contribution < -0.4 is 5.32 Å². The third-order valence-corrected chi connectivity index (χ3v) is 5.19. The number of rotatable bonds is 5. The Bertz CT molecular complexity index is 429. The second-order valence-corrected chi connectivity index (χ2v) is 6.48. The van der Waals surface area contributed by atoms with Crippen molar-refractivity contribution in [2.45, 2.75) is 38.1 Å². The molecule has 98 valence electrons. The highest BCUT2D eigenvalue weighted by molar-refractivity contribution is 6.42. The number of hydrogen-bond donors (Lipinski definition) is 1. The summed E-state index contributed by atoms with van der Waals surface area (Å²) in [6.45, 7) is 1.19. The smallest absolute Gasteiger partial charge is 0.0624 e. The molecule has 2 atom stereocenters. The van der Waals surface area contributed by atoms with Crippen LogP contribution >= 0.6 is 23.2 Å². The molecule has 1 N–H and O–H groups in total. The van der Waals surface area contributed by atoms with Crippen LogP contribution in [0.15, 0.2) is 18.2 Å². The summed E-state index contributed by atoms with van der Waals surface area (Å²) >= 11 is 12.3. The summed E-state index contributed by atoms with van der Waals surface area (Å²) in [7, 11) is 0. The Morgan fingerprint density at radius 1 is 1.06 bits per heavy atom. The molecule has 0 amide bonds. The molecular weight excluding hydrogens is 265 g/mol. The zero-order valence-electron chi connectivity index (χ0n) is 10.5. The second-order valence-electron chi connectivity index (χ2n) is 5.70. The Kier molecular flexibility index (Phi) is 3.83. The lowest BCUT2D eigenvalue weighted by molar-refractivity contribution is 0.170. The van der Waals surface area contributed by atoms with Crippen LogP contribution in [0.5, 0.6) is 0 Å². The van der Waals surface area contributed by atoms with E-state index >= 15 is 0 Å². The molecule has 0 aromatic heterocycles. The van der Waals surface area contributed by atoms with E-state index < -0.39 is 0 Å². The maximum Gasteiger partial charge on any atom is 0.0624 e. The van der Waals surface area contributed by atoms with Gasteiger partial charge < -0.3 is 5.32 Å². The fourth-order valence-corrected chi connectivity index (χ4v) is 3.17. The minimum atomic E-state index is 0.682. The second kappa shape index (κ2) is 5.40. The summed E-state index contributed by atoms with van der Waals surface area (Å²) in [6, 6.07) is 6.79. The molecule has 0 spiro atoms. The molecule has 0 bridgehead atoms. The fraction of sp³-hybridized carbons (Fsp3) is 0.600. The van der Waals surface area contributed by atoms with Crippen molar-refractivity contribution in [3.63, 3.8) is 0 Å². The van der Waals surface area contributed by atoms with E-state index in [-0.39, 0.29) is 0 Å². The lowest BCUT2D eigenvalue weighted by atomic mass is 9.70. The zero-order valence-corrected chi connectivity index (χ0v) is 12.0. The van der Waals surface area contributed by atoms with Crippen molar-refractivity contribution in [1.29, 1.82) is 0 Å². The van der Waals surface area contributed by atoms with Gasteiger partial charge in [-0.2, -0.15) is 0 Å². The molecule has 18 heavy (non-hydrogen) atoms. The van der Waals surface area contributed by atoms with Crippen LogP contribution in [0.4, 0.5) is 0 Å². The summed E-state index contributed by atoms with van der Waals surface area (Å²) < 4.78 is 0. The van der Waals surface area contributed by atoms with E-state index in [1.807, 2.05) is 12.1 Å². The van der Waals surface area contributed by atoms with Crippen molar-refractivity contribution in [3.05, 3.63) is 33.8 Å². The minimum absolute atomic E-state index is 0.682. The molecule has 3 heteroatoms. The van der Waals surface area contributed by atoms with Gasteiger partial charge in [-0.15, -0.1) is 0 Å². The molecule has 1 aromatic rings. The molecular formula is C15H19Cl2N. The number of hydrogen-bond acceptors (Lipinski definition) is 1. The van der Waals surface area contributed by atoms with Crippen LogP contribution in [0.1, 0.15) is 31.2 Å². The molecule has 1 nitrogen and oxygen atoms in total. The minimum Gasteiger partial charge on any atom is -0.314 e. The van der Waals surface area contributed by atoms with Crippen LogP contribution in [0.3, 0.4) is 0 Å². The number of nitrogens with one attached hydrogen (secondary N) is 1. The van der Waals surface area contributed by atoms with Crippen molar-refractivity contribution in [3.8, 4) is 0 Å². The molecule has 0 radical (unpaired) electrons. The highest BCUT2D eigenvalue weighted by atomic mass is 35.5. The molecule has 2 saturated carbocycles. The summed E-state index contributed by atoms with van der Waals surface area (Å²) in [5, 5.41) is 5.07. The van der Waals surface area contributed by atoms with Gasteiger partial charge in [0.2, 0.25) is 0 Å². The molecule has 0 aliphatic heterocycles.